The van der Waals surface area contributed by atoms with E-state index in [-0.39, 0.29) is 0 Å². The van der Waals surface area contributed by atoms with E-state index in [2.05, 4.69) is 15.3 Å². The minimum Gasteiger partial charge on any atom is -0.385 e. The second kappa shape index (κ2) is 5.84. The third kappa shape index (κ3) is 2.58. The number of hydrogen-bond acceptors (Lipinski definition) is 5. The van der Waals surface area contributed by atoms with Crippen molar-refractivity contribution in [2.45, 2.75) is 32.1 Å². The summed E-state index contributed by atoms with van der Waals surface area (Å²) in [6.07, 6.45) is 7.65. The number of hydrogen-bond donors (Lipinski definition) is 1. The quantitative estimate of drug-likeness (QED) is 0.853. The number of aryl methyl sites for hydroxylation is 2. The first-order valence-corrected chi connectivity index (χ1v) is 7.70. The molecule has 2 heterocycles. The van der Waals surface area contributed by atoms with E-state index < -0.39 is 0 Å². The van der Waals surface area contributed by atoms with E-state index in [1.54, 1.807) is 13.4 Å². The molecular weight excluding hydrogens is 258 g/mol. The summed E-state index contributed by atoms with van der Waals surface area (Å²) in [7, 11) is 1.73. The number of aromatic nitrogens is 2. The molecule has 0 saturated carbocycles. The first kappa shape index (κ1) is 12.8. The number of thiophene rings is 1. The molecule has 2 aromatic heterocycles. The van der Waals surface area contributed by atoms with Gasteiger partial charge in [0.15, 0.2) is 0 Å². The Hall–Kier alpha value is -1.20. The summed E-state index contributed by atoms with van der Waals surface area (Å²) in [5.74, 6) is 1.00. The van der Waals surface area contributed by atoms with E-state index in [0.29, 0.717) is 0 Å². The average Bonchev–Trinajstić information content (AvgIpc) is 2.83. The van der Waals surface area contributed by atoms with Gasteiger partial charge >= 0.3 is 0 Å². The lowest BCUT2D eigenvalue weighted by molar-refractivity contribution is 0.198. The zero-order chi connectivity index (χ0) is 13.1. The molecule has 4 nitrogen and oxygen atoms in total. The maximum absolute atomic E-state index is 5.07. The number of methoxy groups -OCH3 is 1. The van der Waals surface area contributed by atoms with Crippen LogP contribution in [0.5, 0.6) is 0 Å². The van der Waals surface area contributed by atoms with Gasteiger partial charge in [-0.05, 0) is 37.7 Å². The number of nitrogens with one attached hydrogen (secondary N) is 1. The van der Waals surface area contributed by atoms with Crippen molar-refractivity contribution in [2.24, 2.45) is 0 Å². The Labute approximate surface area is 117 Å². The molecule has 0 spiro atoms. The van der Waals surface area contributed by atoms with Crippen molar-refractivity contribution in [3.63, 3.8) is 0 Å². The highest BCUT2D eigenvalue weighted by atomic mass is 32.1. The molecule has 1 aliphatic rings. The van der Waals surface area contributed by atoms with Crippen LogP contribution >= 0.6 is 11.3 Å². The minimum absolute atomic E-state index is 0.781. The summed E-state index contributed by atoms with van der Waals surface area (Å²) in [6, 6.07) is 0. The van der Waals surface area contributed by atoms with Crippen molar-refractivity contribution in [3.8, 4) is 0 Å². The summed E-state index contributed by atoms with van der Waals surface area (Å²) in [6.45, 7) is 1.67. The van der Waals surface area contributed by atoms with Crippen LogP contribution in [-0.2, 0) is 17.6 Å². The molecule has 0 aliphatic heterocycles. The van der Waals surface area contributed by atoms with Gasteiger partial charge in [-0.1, -0.05) is 0 Å². The number of ether oxygens (including phenoxy) is 1. The highest BCUT2D eigenvalue weighted by Crippen LogP contribution is 2.37. The summed E-state index contributed by atoms with van der Waals surface area (Å²) in [5, 5.41) is 4.70. The highest BCUT2D eigenvalue weighted by Gasteiger charge is 2.19. The van der Waals surface area contributed by atoms with Crippen LogP contribution in [0.4, 0.5) is 5.82 Å². The maximum Gasteiger partial charge on any atom is 0.138 e. The van der Waals surface area contributed by atoms with E-state index in [0.717, 1.165) is 30.2 Å². The van der Waals surface area contributed by atoms with Crippen molar-refractivity contribution in [1.82, 2.24) is 9.97 Å². The van der Waals surface area contributed by atoms with Crippen LogP contribution in [0, 0.1) is 0 Å². The third-order valence-electron chi connectivity index (χ3n) is 3.57. The molecule has 1 N–H and O–H groups in total. The summed E-state index contributed by atoms with van der Waals surface area (Å²) >= 11 is 1.84. The van der Waals surface area contributed by atoms with Gasteiger partial charge in [0, 0.05) is 25.1 Å². The number of anilines is 1. The molecule has 0 aromatic carbocycles. The second-order valence-electron chi connectivity index (χ2n) is 4.89. The molecule has 19 heavy (non-hydrogen) atoms. The fourth-order valence-electron chi connectivity index (χ4n) is 2.65. The molecule has 0 bridgehead atoms. The molecule has 0 atom stereocenters. The summed E-state index contributed by atoms with van der Waals surface area (Å²) in [4.78, 5) is 11.5. The monoisotopic (exact) mass is 277 g/mol. The molecule has 0 unspecified atom stereocenters. The lowest BCUT2D eigenvalue weighted by Crippen LogP contribution is -2.07. The maximum atomic E-state index is 5.07. The SMILES string of the molecule is COCCCNc1ncnc2sc3c(c12)CCCC3. The van der Waals surface area contributed by atoms with Gasteiger partial charge in [-0.15, -0.1) is 11.3 Å². The Morgan fingerprint density at radius 1 is 1.32 bits per heavy atom. The van der Waals surface area contributed by atoms with E-state index in [9.17, 15) is 0 Å². The van der Waals surface area contributed by atoms with Crippen LogP contribution in [-0.4, -0.2) is 30.2 Å². The molecule has 5 heteroatoms. The first-order valence-electron chi connectivity index (χ1n) is 6.88. The van der Waals surface area contributed by atoms with Crippen LogP contribution < -0.4 is 5.32 Å². The van der Waals surface area contributed by atoms with Crippen LogP contribution in [0.15, 0.2) is 6.33 Å². The van der Waals surface area contributed by atoms with Crippen LogP contribution in [0.2, 0.25) is 0 Å². The molecule has 102 valence electrons. The average molecular weight is 277 g/mol. The number of fused-ring (bicyclic) bond motifs is 3. The van der Waals surface area contributed by atoms with Crippen molar-refractivity contribution in [2.75, 3.05) is 25.6 Å². The number of rotatable bonds is 5. The number of nitrogens with zero attached hydrogens (tertiary/aromatic N) is 2. The molecule has 3 rings (SSSR count). The molecular formula is C14H19N3OS. The highest BCUT2D eigenvalue weighted by molar-refractivity contribution is 7.19. The van der Waals surface area contributed by atoms with Crippen LogP contribution in [0.1, 0.15) is 29.7 Å². The minimum atomic E-state index is 0.781. The smallest absolute Gasteiger partial charge is 0.138 e. The Morgan fingerprint density at radius 3 is 3.11 bits per heavy atom. The fourth-order valence-corrected chi connectivity index (χ4v) is 3.88. The van der Waals surface area contributed by atoms with E-state index in [4.69, 9.17) is 4.74 Å². The lowest BCUT2D eigenvalue weighted by Gasteiger charge is -2.12. The third-order valence-corrected chi connectivity index (χ3v) is 4.77. The Kier molecular flexibility index (Phi) is 3.94. The van der Waals surface area contributed by atoms with Crippen LogP contribution in [0.3, 0.4) is 0 Å². The zero-order valence-corrected chi connectivity index (χ0v) is 12.1. The first-order chi connectivity index (χ1) is 9.40. The van der Waals surface area contributed by atoms with Crippen LogP contribution in [0.25, 0.3) is 10.2 Å². The van der Waals surface area contributed by atoms with E-state index in [1.165, 1.54) is 41.5 Å². The topological polar surface area (TPSA) is 47.0 Å². The Morgan fingerprint density at radius 2 is 2.21 bits per heavy atom. The molecule has 0 radical (unpaired) electrons. The Bertz CT molecular complexity index is 567. The van der Waals surface area contributed by atoms with Gasteiger partial charge < -0.3 is 10.1 Å². The summed E-state index contributed by atoms with van der Waals surface area (Å²) < 4.78 is 5.07. The van der Waals surface area contributed by atoms with Crippen molar-refractivity contribution in [1.29, 1.82) is 0 Å². The van der Waals surface area contributed by atoms with Gasteiger partial charge in [0.05, 0.1) is 5.39 Å². The van der Waals surface area contributed by atoms with Gasteiger partial charge in [-0.25, -0.2) is 9.97 Å². The molecule has 2 aromatic rings. The molecule has 0 saturated heterocycles. The predicted molar refractivity (Wildman–Crippen MR) is 79.0 cm³/mol. The van der Waals surface area contributed by atoms with Crippen molar-refractivity contribution < 1.29 is 4.74 Å². The molecule has 0 amide bonds. The fraction of sp³-hybridized carbons (Fsp3) is 0.571. The zero-order valence-electron chi connectivity index (χ0n) is 11.2. The van der Waals surface area contributed by atoms with Gasteiger partial charge in [0.1, 0.15) is 17.0 Å². The predicted octanol–water partition coefficient (Wildman–Crippen LogP) is 3.02. The van der Waals surface area contributed by atoms with Gasteiger partial charge in [-0.2, -0.15) is 0 Å². The largest absolute Gasteiger partial charge is 0.385 e. The Balaban J connectivity index is 1.88. The van der Waals surface area contributed by atoms with Crippen molar-refractivity contribution in [3.05, 3.63) is 16.8 Å². The van der Waals surface area contributed by atoms with Gasteiger partial charge in [0.2, 0.25) is 0 Å². The van der Waals surface area contributed by atoms with Crippen molar-refractivity contribution >= 4 is 27.4 Å². The van der Waals surface area contributed by atoms with Gasteiger partial charge in [-0.3, -0.25) is 0 Å². The van der Waals surface area contributed by atoms with E-state index >= 15 is 0 Å². The summed E-state index contributed by atoms with van der Waals surface area (Å²) in [5.41, 5.74) is 1.49. The normalized spacial score (nSPS) is 14.6. The lowest BCUT2D eigenvalue weighted by atomic mass is 9.97. The molecule has 1 aliphatic carbocycles. The van der Waals surface area contributed by atoms with E-state index in [1.807, 2.05) is 11.3 Å². The standard InChI is InChI=1S/C14H19N3OS/c1-18-8-4-7-15-13-12-10-5-2-3-6-11(10)19-14(12)17-9-16-13/h9H,2-8H2,1H3,(H,15,16,17). The van der Waals surface area contributed by atoms with Gasteiger partial charge in [0.25, 0.3) is 0 Å². The molecule has 0 fully saturated rings. The second-order valence-corrected chi connectivity index (χ2v) is 5.97.